The highest BCUT2D eigenvalue weighted by molar-refractivity contribution is 7.92. The van der Waals surface area contributed by atoms with Gasteiger partial charge in [-0.25, -0.2) is 12.8 Å². The van der Waals surface area contributed by atoms with Crippen molar-refractivity contribution in [2.45, 2.75) is 11.4 Å². The van der Waals surface area contributed by atoms with Gasteiger partial charge in [-0.2, -0.15) is 0 Å². The van der Waals surface area contributed by atoms with Crippen LogP contribution in [0.2, 0.25) is 0 Å². The van der Waals surface area contributed by atoms with Gasteiger partial charge in [0, 0.05) is 12.4 Å². The topological polar surface area (TPSA) is 88.6 Å². The lowest BCUT2D eigenvalue weighted by Gasteiger charge is -2.26. The zero-order chi connectivity index (χ0) is 20.4. The first-order chi connectivity index (χ1) is 13.9. The molecule has 1 amide bonds. The lowest BCUT2D eigenvalue weighted by molar-refractivity contribution is -0.118. The maximum atomic E-state index is 13.4. The highest BCUT2D eigenvalue weighted by Gasteiger charge is 2.27. The lowest BCUT2D eigenvalue weighted by Crippen LogP contribution is -2.31. The zero-order valence-electron chi connectivity index (χ0n) is 15.1. The van der Waals surface area contributed by atoms with Crippen LogP contribution in [0.1, 0.15) is 5.56 Å². The lowest BCUT2D eigenvalue weighted by atomic mass is 10.2. The van der Waals surface area contributed by atoms with Crippen molar-refractivity contribution in [2.75, 3.05) is 16.2 Å². The van der Waals surface area contributed by atoms with Gasteiger partial charge in [-0.05, 0) is 54.1 Å². The van der Waals surface area contributed by atoms with Crippen LogP contribution in [0.15, 0.2) is 71.9 Å². The largest absolute Gasteiger partial charge is 0.482 e. The number of nitrogens with zero attached hydrogens (tertiary/aromatic N) is 2. The maximum Gasteiger partial charge on any atom is 0.264 e. The fourth-order valence-corrected chi connectivity index (χ4v) is 4.41. The number of carbonyl (C=O) groups excluding carboxylic acids is 1. The van der Waals surface area contributed by atoms with Gasteiger partial charge in [0.1, 0.15) is 11.6 Å². The monoisotopic (exact) mass is 413 g/mol. The minimum absolute atomic E-state index is 0.00174. The molecular formula is C20H16FN3O4S. The van der Waals surface area contributed by atoms with E-state index in [0.29, 0.717) is 17.0 Å². The second-order valence-electron chi connectivity index (χ2n) is 6.34. The Morgan fingerprint density at radius 3 is 2.66 bits per heavy atom. The Bertz CT molecular complexity index is 1150. The Morgan fingerprint density at radius 1 is 1.14 bits per heavy atom. The standard InChI is InChI=1S/C20H16FN3O4S/c21-15-3-5-16(6-4-15)24(12-14-2-1-9-22-11-14)29(26,27)17-7-8-19-18(10-17)23-20(25)13-28-19/h1-11H,12-13H2,(H,23,25). The van der Waals surface area contributed by atoms with Crippen molar-refractivity contribution < 1.29 is 22.3 Å². The van der Waals surface area contributed by atoms with Crippen molar-refractivity contribution in [3.05, 3.63) is 78.4 Å². The predicted octanol–water partition coefficient (Wildman–Crippen LogP) is 2.95. The smallest absolute Gasteiger partial charge is 0.264 e. The van der Waals surface area contributed by atoms with E-state index in [4.69, 9.17) is 4.74 Å². The number of aromatic nitrogens is 1. The van der Waals surface area contributed by atoms with Crippen LogP contribution in [-0.2, 0) is 21.4 Å². The van der Waals surface area contributed by atoms with E-state index in [0.717, 1.165) is 4.31 Å². The minimum Gasteiger partial charge on any atom is -0.482 e. The molecule has 2 aromatic carbocycles. The van der Waals surface area contributed by atoms with Gasteiger partial charge >= 0.3 is 0 Å². The summed E-state index contributed by atoms with van der Waals surface area (Å²) in [7, 11) is -4.04. The molecule has 0 unspecified atom stereocenters. The van der Waals surface area contributed by atoms with Crippen LogP contribution in [0, 0.1) is 5.82 Å². The highest BCUT2D eigenvalue weighted by atomic mass is 32.2. The van der Waals surface area contributed by atoms with Gasteiger partial charge in [0.25, 0.3) is 15.9 Å². The van der Waals surface area contributed by atoms with Gasteiger partial charge in [0.15, 0.2) is 6.61 Å². The number of halogens is 1. The first kappa shape index (κ1) is 18.9. The number of ether oxygens (including phenoxy) is 1. The molecule has 0 saturated carbocycles. The number of carbonyl (C=O) groups is 1. The number of benzene rings is 2. The summed E-state index contributed by atoms with van der Waals surface area (Å²) in [6, 6.07) is 12.9. The molecule has 2 heterocycles. The third-order valence-electron chi connectivity index (χ3n) is 4.34. The number of sulfonamides is 1. The molecular weight excluding hydrogens is 397 g/mol. The second kappa shape index (κ2) is 7.51. The molecule has 1 aliphatic rings. The van der Waals surface area contributed by atoms with Crippen molar-refractivity contribution in [3.8, 4) is 5.75 Å². The van der Waals surface area contributed by atoms with E-state index in [9.17, 15) is 17.6 Å². The maximum absolute atomic E-state index is 13.4. The van der Waals surface area contributed by atoms with Crippen LogP contribution in [0.4, 0.5) is 15.8 Å². The average Bonchev–Trinajstić information content (AvgIpc) is 2.73. The van der Waals surface area contributed by atoms with Gasteiger partial charge in [-0.3, -0.25) is 14.1 Å². The normalized spacial score (nSPS) is 13.2. The Hall–Kier alpha value is -3.46. The molecule has 7 nitrogen and oxygen atoms in total. The predicted molar refractivity (Wildman–Crippen MR) is 105 cm³/mol. The van der Waals surface area contributed by atoms with Gasteiger partial charge in [0.05, 0.1) is 22.8 Å². The first-order valence-electron chi connectivity index (χ1n) is 8.67. The third-order valence-corrected chi connectivity index (χ3v) is 6.11. The van der Waals surface area contributed by atoms with Crippen LogP contribution >= 0.6 is 0 Å². The van der Waals surface area contributed by atoms with E-state index in [2.05, 4.69) is 10.3 Å². The molecule has 0 bridgehead atoms. The van der Waals surface area contributed by atoms with Crippen molar-refractivity contribution >= 4 is 27.3 Å². The summed E-state index contributed by atoms with van der Waals surface area (Å²) in [4.78, 5) is 15.6. The fourth-order valence-electron chi connectivity index (χ4n) is 2.93. The third kappa shape index (κ3) is 3.90. The van der Waals surface area contributed by atoms with Crippen molar-refractivity contribution in [1.29, 1.82) is 0 Å². The number of anilines is 2. The van der Waals surface area contributed by atoms with Crippen molar-refractivity contribution in [1.82, 2.24) is 4.98 Å². The molecule has 148 valence electrons. The summed E-state index contributed by atoms with van der Waals surface area (Å²) in [5.41, 5.74) is 1.24. The Balaban J connectivity index is 1.77. The molecule has 4 rings (SSSR count). The molecule has 1 aromatic heterocycles. The number of nitrogens with one attached hydrogen (secondary N) is 1. The quantitative estimate of drug-likeness (QED) is 0.695. The molecule has 0 atom stereocenters. The summed E-state index contributed by atoms with van der Waals surface area (Å²) in [5.74, 6) is -0.442. The van der Waals surface area contributed by atoms with Crippen LogP contribution in [0.25, 0.3) is 0 Å². The van der Waals surface area contributed by atoms with Gasteiger partial charge < -0.3 is 10.1 Å². The van der Waals surface area contributed by atoms with Crippen LogP contribution < -0.4 is 14.4 Å². The Labute approximate surface area is 166 Å². The SMILES string of the molecule is O=C1COc2ccc(S(=O)(=O)N(Cc3cccnc3)c3ccc(F)cc3)cc2N1. The molecule has 9 heteroatoms. The van der Waals surface area contributed by atoms with E-state index in [1.165, 1.54) is 42.5 Å². The summed E-state index contributed by atoms with van der Waals surface area (Å²) in [6.45, 7) is -0.121. The van der Waals surface area contributed by atoms with E-state index in [-0.39, 0.29) is 29.6 Å². The van der Waals surface area contributed by atoms with Crippen LogP contribution in [0.5, 0.6) is 5.75 Å². The molecule has 0 radical (unpaired) electrons. The van der Waals surface area contributed by atoms with E-state index < -0.39 is 15.8 Å². The first-order valence-corrected chi connectivity index (χ1v) is 10.1. The highest BCUT2D eigenvalue weighted by Crippen LogP contribution is 2.33. The molecule has 1 aliphatic heterocycles. The summed E-state index contributed by atoms with van der Waals surface area (Å²) < 4.78 is 46.7. The molecule has 29 heavy (non-hydrogen) atoms. The van der Waals surface area contributed by atoms with Crippen LogP contribution in [0.3, 0.4) is 0 Å². The van der Waals surface area contributed by atoms with Crippen molar-refractivity contribution in [3.63, 3.8) is 0 Å². The number of amides is 1. The van der Waals surface area contributed by atoms with E-state index >= 15 is 0 Å². The van der Waals surface area contributed by atoms with Gasteiger partial charge in [0.2, 0.25) is 0 Å². The molecule has 3 aromatic rings. The number of rotatable bonds is 5. The Kier molecular flexibility index (Phi) is 4.89. The molecule has 0 fully saturated rings. The fraction of sp³-hybridized carbons (Fsp3) is 0.100. The molecule has 1 N–H and O–H groups in total. The second-order valence-corrected chi connectivity index (χ2v) is 8.21. The van der Waals surface area contributed by atoms with E-state index in [1.807, 2.05) is 0 Å². The van der Waals surface area contributed by atoms with E-state index in [1.54, 1.807) is 24.5 Å². The number of fused-ring (bicyclic) bond motifs is 1. The van der Waals surface area contributed by atoms with Crippen LogP contribution in [-0.4, -0.2) is 25.9 Å². The Morgan fingerprint density at radius 2 is 1.93 bits per heavy atom. The number of hydrogen-bond donors (Lipinski definition) is 1. The summed E-state index contributed by atoms with van der Waals surface area (Å²) in [6.07, 6.45) is 3.15. The summed E-state index contributed by atoms with van der Waals surface area (Å²) >= 11 is 0. The zero-order valence-corrected chi connectivity index (χ0v) is 15.9. The van der Waals surface area contributed by atoms with Gasteiger partial charge in [-0.1, -0.05) is 6.07 Å². The van der Waals surface area contributed by atoms with Crippen molar-refractivity contribution in [2.24, 2.45) is 0 Å². The number of pyridine rings is 1. The van der Waals surface area contributed by atoms with Gasteiger partial charge in [-0.15, -0.1) is 0 Å². The molecule has 0 spiro atoms. The minimum atomic E-state index is -4.04. The molecule has 0 saturated heterocycles. The molecule has 0 aliphatic carbocycles. The number of hydrogen-bond acceptors (Lipinski definition) is 5. The average molecular weight is 413 g/mol. The summed E-state index contributed by atoms with van der Waals surface area (Å²) in [5, 5.41) is 2.60.